The Morgan fingerprint density at radius 2 is 1.03 bits per heavy atom. The van der Waals surface area contributed by atoms with Gasteiger partial charge >= 0.3 is 17.9 Å². The molecule has 2 aliphatic heterocycles. The van der Waals surface area contributed by atoms with Crippen molar-refractivity contribution in [2.24, 2.45) is 38.7 Å². The van der Waals surface area contributed by atoms with Gasteiger partial charge in [0.25, 0.3) is 0 Å². The van der Waals surface area contributed by atoms with Crippen LogP contribution in [0, 0.1) is 0 Å². The monoisotopic (exact) mass is 1280 g/mol. The van der Waals surface area contributed by atoms with E-state index in [2.05, 4.69) is 116 Å². The van der Waals surface area contributed by atoms with Crippen molar-refractivity contribution in [3.63, 3.8) is 0 Å². The average molecular weight is 1280 g/mol. The average Bonchev–Trinajstić information content (AvgIpc) is 1.59. The molecule has 0 aliphatic carbocycles. The lowest BCUT2D eigenvalue weighted by Gasteiger charge is -2.32. The second kappa shape index (κ2) is 32.8. The van der Waals surface area contributed by atoms with E-state index >= 15 is 0 Å². The number of carboxylic acids is 3. The number of aliphatic carboxylic acids is 3. The molecule has 19 N–H and O–H groups in total. The molecule has 7 amide bonds. The smallest absolute Gasteiger partial charge is 0.305 e. The molecule has 0 spiro atoms. The first-order valence-corrected chi connectivity index (χ1v) is 30.2. The van der Waals surface area contributed by atoms with E-state index in [1.165, 1.54) is 5.56 Å². The molecule has 4 aromatic carbocycles. The summed E-state index contributed by atoms with van der Waals surface area (Å²) < 4.78 is 0. The summed E-state index contributed by atoms with van der Waals surface area (Å²) >= 11 is 0. The number of aliphatic imine (C=N–C) groups is 2. The lowest BCUT2D eigenvalue weighted by atomic mass is 9.78. The van der Waals surface area contributed by atoms with Crippen molar-refractivity contribution in [3.8, 4) is 0 Å². The number of fused-ring (bicyclic) bond motifs is 6. The molecule has 5 atom stereocenters. The topological polar surface area (TPSA) is 465 Å². The van der Waals surface area contributed by atoms with E-state index in [0.717, 1.165) is 44.2 Å². The molecule has 0 saturated carbocycles. The highest BCUT2D eigenvalue weighted by Crippen LogP contribution is 2.51. The summed E-state index contributed by atoms with van der Waals surface area (Å²) in [4.78, 5) is 140. The van der Waals surface area contributed by atoms with Crippen molar-refractivity contribution >= 4 is 104 Å². The second-order valence-electron chi connectivity index (χ2n) is 23.5. The number of hydrogen-bond acceptors (Lipinski definition) is 14. The number of nitrogens with two attached hydrogens (primary N) is 5. The van der Waals surface area contributed by atoms with E-state index in [-0.39, 0.29) is 81.5 Å². The summed E-state index contributed by atoms with van der Waals surface area (Å²) in [5.74, 6) is -11.0. The Morgan fingerprint density at radius 3 is 1.58 bits per heavy atom. The van der Waals surface area contributed by atoms with Crippen molar-refractivity contribution in [2.45, 2.75) is 120 Å². The summed E-state index contributed by atoms with van der Waals surface area (Å²) in [6, 6.07) is 18.1. The van der Waals surface area contributed by atoms with E-state index in [1.54, 1.807) is 0 Å². The first-order chi connectivity index (χ1) is 44.1. The van der Waals surface area contributed by atoms with E-state index in [0.29, 0.717) is 6.54 Å². The van der Waals surface area contributed by atoms with Crippen LogP contribution in [-0.4, -0.2) is 156 Å². The maximum Gasteiger partial charge on any atom is 0.305 e. The number of allylic oxidation sites excluding steroid dienone is 7. The van der Waals surface area contributed by atoms with Gasteiger partial charge in [-0.15, -0.1) is 0 Å². The van der Waals surface area contributed by atoms with Crippen LogP contribution in [0.3, 0.4) is 0 Å². The normalized spacial score (nSPS) is 16.2. The van der Waals surface area contributed by atoms with Crippen LogP contribution >= 0.6 is 0 Å². The molecule has 4 aromatic rings. The van der Waals surface area contributed by atoms with Crippen molar-refractivity contribution in [1.29, 1.82) is 0 Å². The zero-order valence-electron chi connectivity index (χ0n) is 52.4. The lowest BCUT2D eigenvalue weighted by Crippen LogP contribution is -2.56. The third kappa shape index (κ3) is 19.6. The molecule has 0 fully saturated rings. The van der Waals surface area contributed by atoms with Crippen LogP contribution in [0.2, 0.25) is 0 Å². The molecule has 0 aromatic heterocycles. The minimum atomic E-state index is -1.83. The molecular weight excluding hydrogens is 1200 g/mol. The standard InChI is InChI=1S/C65H83N15O13/c1-64(2)48(22-8-6-5-7-9-23-49-65(3,4)57-41-19-13-11-17-39(41)25-27-47(57)80(49)33-29-53(84)85)79(46-26-24-38-16-10-12-18-40(38)56(46)64)32-28-50(81)75-42(20-14-30-71-62(67)68)59(91)73-37-52(83)77-45(35-55(88)89)61(93)78-43(21-15-31-72-63(69)70)60(92)74-36-51(82)76-44(58(66)90)34-54(86)87/h5-13,16-19,22-27,42-45,49H,14-15,20-21,28-37H2,1-4H3,(H2,66,90)(H,73,91)(H,74,92)(H,75,81)(H,76,82)(H,77,83)(H,78,93)(H,84,85)(H,86,87)(H,88,89)(H4,67,68,71)(H4,69,70,72)/b7-5+,8-6+,23-9+,48-22+/t42-,43-,44-,45-,49?/m0/s1. The van der Waals surface area contributed by atoms with Gasteiger partial charge in [-0.05, 0) is 76.6 Å². The lowest BCUT2D eigenvalue weighted by molar-refractivity contribution is -0.141. The molecule has 0 radical (unpaired) electrons. The van der Waals surface area contributed by atoms with E-state index in [1.807, 2.05) is 78.9 Å². The molecule has 28 heteroatoms. The Bertz CT molecular complexity index is 3660. The molecule has 0 bridgehead atoms. The summed E-state index contributed by atoms with van der Waals surface area (Å²) in [5.41, 5.74) is 31.2. The number of primary amides is 1. The van der Waals surface area contributed by atoms with Gasteiger partial charge in [-0.3, -0.25) is 57.9 Å². The van der Waals surface area contributed by atoms with Crippen LogP contribution in [0.1, 0.15) is 90.2 Å². The SMILES string of the molecule is CC1(C)\C(=C/C=C/C=C/C=C/C2N(CCC(=O)O)c3ccc4ccccc4c3C2(C)C)N(CCC(=O)N[C@@H](CCCN=C(N)N)C(=O)NCC(=O)N[C@@H](CC(=O)O)C(=O)N[C@@H](CCCN=C(N)N)C(=O)NCC(=O)N[C@@H](CC(=O)O)C(N)=O)c2ccc3ccccc3c21. The fourth-order valence-electron chi connectivity index (χ4n) is 11.6. The largest absolute Gasteiger partial charge is 0.481 e. The Balaban J connectivity index is 1.14. The fourth-order valence-corrected chi connectivity index (χ4v) is 11.6. The Hall–Kier alpha value is -10.8. The van der Waals surface area contributed by atoms with Gasteiger partial charge in [-0.25, -0.2) is 0 Å². The van der Waals surface area contributed by atoms with E-state index in [4.69, 9.17) is 33.8 Å². The third-order valence-corrected chi connectivity index (χ3v) is 15.9. The maximum atomic E-state index is 14.1. The molecule has 93 heavy (non-hydrogen) atoms. The number of carbonyl (C=O) groups is 10. The van der Waals surface area contributed by atoms with Gasteiger partial charge in [-0.1, -0.05) is 125 Å². The Kier molecular flexibility index (Phi) is 25.1. The van der Waals surface area contributed by atoms with Crippen LogP contribution in [0.25, 0.3) is 21.5 Å². The minimum Gasteiger partial charge on any atom is -0.481 e. The number of amides is 7. The summed E-state index contributed by atoms with van der Waals surface area (Å²) in [5, 5.41) is 46.9. The van der Waals surface area contributed by atoms with E-state index in [9.17, 15) is 58.2 Å². The van der Waals surface area contributed by atoms with Gasteiger partial charge in [-0.2, -0.15) is 0 Å². The van der Waals surface area contributed by atoms with Gasteiger partial charge in [0.05, 0.1) is 38.4 Å². The molecule has 2 heterocycles. The van der Waals surface area contributed by atoms with Crippen molar-refractivity contribution < 1.29 is 63.3 Å². The number of rotatable bonds is 34. The van der Waals surface area contributed by atoms with Gasteiger partial charge in [0.1, 0.15) is 24.2 Å². The highest BCUT2D eigenvalue weighted by Gasteiger charge is 2.45. The first-order valence-electron chi connectivity index (χ1n) is 30.2. The third-order valence-electron chi connectivity index (χ3n) is 15.9. The predicted octanol–water partition coefficient (Wildman–Crippen LogP) is 1.39. The molecule has 2 aliphatic rings. The molecular formula is C65H83N15O13. The quantitative estimate of drug-likeness (QED) is 0.0136. The zero-order valence-corrected chi connectivity index (χ0v) is 52.4. The fraction of sp³-hybridized carbons (Fsp3) is 0.385. The Morgan fingerprint density at radius 1 is 0.538 bits per heavy atom. The van der Waals surface area contributed by atoms with Gasteiger partial charge in [0.15, 0.2) is 11.9 Å². The summed E-state index contributed by atoms with van der Waals surface area (Å²) in [7, 11) is 0. The number of carbonyl (C=O) groups excluding carboxylic acids is 7. The van der Waals surface area contributed by atoms with Crippen molar-refractivity contribution in [2.75, 3.05) is 49.1 Å². The van der Waals surface area contributed by atoms with Crippen LogP contribution in [-0.2, 0) is 58.8 Å². The van der Waals surface area contributed by atoms with Crippen LogP contribution in [0.5, 0.6) is 0 Å². The highest BCUT2D eigenvalue weighted by atomic mass is 16.4. The van der Waals surface area contributed by atoms with Crippen LogP contribution in [0.4, 0.5) is 11.4 Å². The Labute approximate surface area is 537 Å². The van der Waals surface area contributed by atoms with Gasteiger partial charge < -0.3 is 85.7 Å². The molecule has 6 rings (SSSR count). The molecule has 1 unspecified atom stereocenters. The number of benzene rings is 4. The van der Waals surface area contributed by atoms with Crippen molar-refractivity contribution in [3.05, 3.63) is 132 Å². The second-order valence-corrected chi connectivity index (χ2v) is 23.5. The van der Waals surface area contributed by atoms with Crippen LogP contribution in [0.15, 0.2) is 131 Å². The summed E-state index contributed by atoms with van der Waals surface area (Å²) in [6.07, 6.45) is 11.8. The number of guanidine groups is 2. The number of hydrogen-bond donors (Lipinski definition) is 14. The van der Waals surface area contributed by atoms with Gasteiger partial charge in [0, 0.05) is 60.5 Å². The van der Waals surface area contributed by atoms with Gasteiger partial charge in [0.2, 0.25) is 41.4 Å². The first kappa shape index (κ1) is 71.3. The predicted molar refractivity (Wildman–Crippen MR) is 352 cm³/mol. The maximum absolute atomic E-state index is 14.1. The van der Waals surface area contributed by atoms with Crippen LogP contribution < -0.4 is 70.4 Å². The zero-order chi connectivity index (χ0) is 68.2. The number of nitrogens with zero attached hydrogens (tertiary/aromatic N) is 4. The highest BCUT2D eigenvalue weighted by molar-refractivity contribution is 5.99. The van der Waals surface area contributed by atoms with E-state index < -0.39 is 115 Å². The molecule has 28 nitrogen and oxygen atoms in total. The number of nitrogens with one attached hydrogen (secondary N) is 6. The number of carboxylic acid groups (broad SMARTS) is 3. The molecule has 496 valence electrons. The van der Waals surface area contributed by atoms with Crippen molar-refractivity contribution in [1.82, 2.24) is 31.9 Å². The number of anilines is 2. The molecule has 0 saturated heterocycles. The minimum absolute atomic E-state index is 0.00116. The summed E-state index contributed by atoms with van der Waals surface area (Å²) in [6.45, 7) is 7.52.